The summed E-state index contributed by atoms with van der Waals surface area (Å²) in [5.41, 5.74) is 3.81. The molecule has 0 saturated heterocycles. The number of rotatable bonds is 5. The van der Waals surface area contributed by atoms with Crippen molar-refractivity contribution in [3.8, 4) is 11.8 Å². The van der Waals surface area contributed by atoms with E-state index in [1.165, 1.54) is 0 Å². The Morgan fingerprint density at radius 1 is 1.22 bits per heavy atom. The van der Waals surface area contributed by atoms with Crippen molar-refractivity contribution in [2.24, 2.45) is 5.92 Å². The van der Waals surface area contributed by atoms with Crippen LogP contribution in [-0.2, 0) is 11.2 Å². The molecule has 0 fully saturated rings. The van der Waals surface area contributed by atoms with E-state index in [0.29, 0.717) is 17.9 Å². The first-order valence-electron chi connectivity index (χ1n) is 7.44. The molecule has 0 saturated carbocycles. The summed E-state index contributed by atoms with van der Waals surface area (Å²) in [5, 5.41) is 12.2. The van der Waals surface area contributed by atoms with Crippen LogP contribution in [0.5, 0.6) is 5.75 Å². The van der Waals surface area contributed by atoms with Gasteiger partial charge in [0.15, 0.2) is 0 Å². The summed E-state index contributed by atoms with van der Waals surface area (Å²) in [5.74, 6) is -0.388. The quantitative estimate of drug-likeness (QED) is 0.917. The van der Waals surface area contributed by atoms with Crippen molar-refractivity contribution in [2.45, 2.75) is 20.3 Å². The van der Waals surface area contributed by atoms with Crippen LogP contribution in [0.4, 0.5) is 5.69 Å². The minimum Gasteiger partial charge on any atom is -0.496 e. The number of para-hydroxylation sites is 1. The molecule has 0 aliphatic rings. The van der Waals surface area contributed by atoms with Crippen molar-refractivity contribution in [3.63, 3.8) is 0 Å². The first kappa shape index (κ1) is 16.6. The van der Waals surface area contributed by atoms with E-state index in [9.17, 15) is 10.1 Å². The summed E-state index contributed by atoms with van der Waals surface area (Å²) in [6.07, 6.45) is 0.317. The van der Waals surface area contributed by atoms with E-state index in [-0.39, 0.29) is 5.91 Å². The standard InChI is InChI=1S/C19H20N2O2/c1-13-8-9-17(10-14(13)2)21-19(22)16(12-20)11-15-6-4-5-7-18(15)23-3/h4-10,16H,11H2,1-3H3,(H,21,22)/t16-/m1/s1. The minimum atomic E-state index is -0.770. The van der Waals surface area contributed by atoms with Crippen LogP contribution in [0.1, 0.15) is 16.7 Å². The number of carbonyl (C=O) groups excluding carboxylic acids is 1. The second-order valence-corrected chi connectivity index (χ2v) is 5.49. The number of methoxy groups -OCH3 is 1. The van der Waals surface area contributed by atoms with Crippen molar-refractivity contribution in [2.75, 3.05) is 12.4 Å². The highest BCUT2D eigenvalue weighted by molar-refractivity contribution is 5.94. The van der Waals surface area contributed by atoms with Crippen molar-refractivity contribution in [1.29, 1.82) is 5.26 Å². The second kappa shape index (κ2) is 7.46. The molecule has 0 radical (unpaired) electrons. The summed E-state index contributed by atoms with van der Waals surface area (Å²) < 4.78 is 5.28. The molecule has 23 heavy (non-hydrogen) atoms. The molecule has 0 bridgehead atoms. The molecule has 118 valence electrons. The van der Waals surface area contributed by atoms with Crippen molar-refractivity contribution in [3.05, 3.63) is 59.2 Å². The fourth-order valence-electron chi connectivity index (χ4n) is 2.34. The minimum absolute atomic E-state index is 0.304. The van der Waals surface area contributed by atoms with Crippen molar-refractivity contribution >= 4 is 11.6 Å². The molecule has 1 atom stereocenters. The largest absolute Gasteiger partial charge is 0.496 e. The van der Waals surface area contributed by atoms with E-state index in [1.807, 2.05) is 56.3 Å². The number of nitrogens with zero attached hydrogens (tertiary/aromatic N) is 1. The van der Waals surface area contributed by atoms with Crippen LogP contribution in [0.2, 0.25) is 0 Å². The van der Waals surface area contributed by atoms with Gasteiger partial charge in [-0.15, -0.1) is 0 Å². The summed E-state index contributed by atoms with van der Waals surface area (Å²) in [7, 11) is 1.58. The van der Waals surface area contributed by atoms with E-state index in [0.717, 1.165) is 16.7 Å². The second-order valence-electron chi connectivity index (χ2n) is 5.49. The highest BCUT2D eigenvalue weighted by Crippen LogP contribution is 2.22. The number of nitriles is 1. The molecule has 0 aliphatic carbocycles. The van der Waals surface area contributed by atoms with Crippen LogP contribution in [-0.4, -0.2) is 13.0 Å². The van der Waals surface area contributed by atoms with Crippen molar-refractivity contribution < 1.29 is 9.53 Å². The van der Waals surface area contributed by atoms with E-state index in [1.54, 1.807) is 7.11 Å². The third-order valence-corrected chi connectivity index (χ3v) is 3.86. The lowest BCUT2D eigenvalue weighted by Crippen LogP contribution is -2.23. The smallest absolute Gasteiger partial charge is 0.242 e. The molecule has 2 rings (SSSR count). The number of hydrogen-bond donors (Lipinski definition) is 1. The van der Waals surface area contributed by atoms with Gasteiger partial charge in [0.2, 0.25) is 5.91 Å². The van der Waals surface area contributed by atoms with Gasteiger partial charge < -0.3 is 10.1 Å². The summed E-state index contributed by atoms with van der Waals surface area (Å²) in [6, 6.07) is 15.2. The number of ether oxygens (including phenoxy) is 1. The van der Waals surface area contributed by atoms with Gasteiger partial charge >= 0.3 is 0 Å². The Morgan fingerprint density at radius 2 is 1.96 bits per heavy atom. The Morgan fingerprint density at radius 3 is 2.61 bits per heavy atom. The van der Waals surface area contributed by atoms with Crippen molar-refractivity contribution in [1.82, 2.24) is 0 Å². The van der Waals surface area contributed by atoms with Gasteiger partial charge in [0, 0.05) is 12.1 Å². The molecule has 0 aromatic heterocycles. The fourth-order valence-corrected chi connectivity index (χ4v) is 2.34. The number of hydrogen-bond acceptors (Lipinski definition) is 3. The predicted molar refractivity (Wildman–Crippen MR) is 90.3 cm³/mol. The molecular formula is C19H20N2O2. The summed E-state index contributed by atoms with van der Waals surface area (Å²) in [6.45, 7) is 4.00. The first-order valence-corrected chi connectivity index (χ1v) is 7.44. The molecule has 0 aliphatic heterocycles. The third kappa shape index (κ3) is 4.10. The number of amides is 1. The molecule has 0 heterocycles. The highest BCUT2D eigenvalue weighted by atomic mass is 16.5. The van der Waals surface area contributed by atoms with Gasteiger partial charge in [0.25, 0.3) is 0 Å². The molecular weight excluding hydrogens is 288 g/mol. The van der Waals surface area contributed by atoms with Gasteiger partial charge in [-0.1, -0.05) is 24.3 Å². The van der Waals surface area contributed by atoms with Gasteiger partial charge in [-0.2, -0.15) is 5.26 Å². The maximum absolute atomic E-state index is 12.4. The van der Waals surface area contributed by atoms with Gasteiger partial charge in [-0.25, -0.2) is 0 Å². The average molecular weight is 308 g/mol. The van der Waals surface area contributed by atoms with Gasteiger partial charge in [-0.05, 0) is 48.7 Å². The zero-order valence-corrected chi connectivity index (χ0v) is 13.6. The van der Waals surface area contributed by atoms with Crippen LogP contribution < -0.4 is 10.1 Å². The SMILES string of the molecule is COc1ccccc1C[C@H](C#N)C(=O)Nc1ccc(C)c(C)c1. The van der Waals surface area contributed by atoms with E-state index < -0.39 is 5.92 Å². The Hall–Kier alpha value is -2.80. The normalized spacial score (nSPS) is 11.4. The number of benzene rings is 2. The van der Waals surface area contributed by atoms with Crippen LogP contribution in [0.15, 0.2) is 42.5 Å². The lowest BCUT2D eigenvalue weighted by molar-refractivity contribution is -0.118. The van der Waals surface area contributed by atoms with E-state index in [4.69, 9.17) is 4.74 Å². The Kier molecular flexibility index (Phi) is 5.37. The molecule has 1 amide bonds. The van der Waals surface area contributed by atoms with Gasteiger partial charge in [0.1, 0.15) is 11.7 Å². The molecule has 2 aromatic rings. The van der Waals surface area contributed by atoms with Crippen LogP contribution >= 0.6 is 0 Å². The predicted octanol–water partition coefficient (Wildman–Crippen LogP) is 3.63. The maximum atomic E-state index is 12.4. The van der Waals surface area contributed by atoms with E-state index >= 15 is 0 Å². The summed E-state index contributed by atoms with van der Waals surface area (Å²) in [4.78, 5) is 12.4. The van der Waals surface area contributed by atoms with Crippen LogP contribution in [0.25, 0.3) is 0 Å². The fraction of sp³-hybridized carbons (Fsp3) is 0.263. The zero-order chi connectivity index (χ0) is 16.8. The lowest BCUT2D eigenvalue weighted by atomic mass is 9.99. The molecule has 0 unspecified atom stereocenters. The third-order valence-electron chi connectivity index (χ3n) is 3.86. The zero-order valence-electron chi connectivity index (χ0n) is 13.6. The Labute approximate surface area is 136 Å². The molecule has 4 nitrogen and oxygen atoms in total. The molecule has 2 aromatic carbocycles. The van der Waals surface area contributed by atoms with E-state index in [2.05, 4.69) is 11.4 Å². The lowest BCUT2D eigenvalue weighted by Gasteiger charge is -2.13. The van der Waals surface area contributed by atoms with Gasteiger partial charge in [-0.3, -0.25) is 4.79 Å². The molecule has 1 N–H and O–H groups in total. The maximum Gasteiger partial charge on any atom is 0.242 e. The van der Waals surface area contributed by atoms with Crippen LogP contribution in [0, 0.1) is 31.1 Å². The number of anilines is 1. The molecule has 0 spiro atoms. The molecule has 4 heteroatoms. The monoisotopic (exact) mass is 308 g/mol. The van der Waals surface area contributed by atoms with Gasteiger partial charge in [0.05, 0.1) is 13.2 Å². The number of aryl methyl sites for hydroxylation is 2. The Balaban J connectivity index is 2.12. The summed E-state index contributed by atoms with van der Waals surface area (Å²) >= 11 is 0. The average Bonchev–Trinajstić information content (AvgIpc) is 2.56. The van der Waals surface area contributed by atoms with Crippen LogP contribution in [0.3, 0.4) is 0 Å². The first-order chi connectivity index (χ1) is 11.0. The Bertz CT molecular complexity index is 747. The number of nitrogens with one attached hydrogen (secondary N) is 1. The highest BCUT2D eigenvalue weighted by Gasteiger charge is 2.20. The topological polar surface area (TPSA) is 62.1 Å². The number of carbonyl (C=O) groups is 1.